The van der Waals surface area contributed by atoms with Crippen LogP contribution in [0.25, 0.3) is 0 Å². The summed E-state index contributed by atoms with van der Waals surface area (Å²) in [5, 5.41) is 8.87. The van der Waals surface area contributed by atoms with Crippen molar-refractivity contribution in [3.8, 4) is 0 Å². The minimum absolute atomic E-state index is 0.00185. The van der Waals surface area contributed by atoms with Gasteiger partial charge in [-0.3, -0.25) is 9.59 Å². The Morgan fingerprint density at radius 2 is 2.19 bits per heavy atom. The summed E-state index contributed by atoms with van der Waals surface area (Å²) in [5.74, 6) is -1.73. The highest BCUT2D eigenvalue weighted by Crippen LogP contribution is 2.36. The highest BCUT2D eigenvalue weighted by atomic mass is 16.4. The van der Waals surface area contributed by atoms with Gasteiger partial charge in [-0.1, -0.05) is 12.1 Å². The normalized spacial score (nSPS) is 24.6. The van der Waals surface area contributed by atoms with Crippen LogP contribution in [0.3, 0.4) is 0 Å². The van der Waals surface area contributed by atoms with Crippen molar-refractivity contribution in [3.05, 3.63) is 29.8 Å². The van der Waals surface area contributed by atoms with Crippen molar-refractivity contribution in [3.63, 3.8) is 0 Å². The van der Waals surface area contributed by atoms with E-state index in [1.807, 2.05) is 6.07 Å². The zero-order valence-corrected chi connectivity index (χ0v) is 8.72. The first kappa shape index (κ1) is 10.7. The first-order valence-corrected chi connectivity index (χ1v) is 5.19. The van der Waals surface area contributed by atoms with Gasteiger partial charge in [0.25, 0.3) is 0 Å². The number of nitrogens with two attached hydrogens (primary N) is 1. The van der Waals surface area contributed by atoms with Gasteiger partial charge in [-0.2, -0.15) is 0 Å². The third kappa shape index (κ3) is 1.91. The van der Waals surface area contributed by atoms with Crippen molar-refractivity contribution in [1.82, 2.24) is 0 Å². The summed E-state index contributed by atoms with van der Waals surface area (Å²) < 4.78 is 0. The maximum atomic E-state index is 11.7. The van der Waals surface area contributed by atoms with Crippen LogP contribution < -0.4 is 5.73 Å². The number of rotatable bonds is 2. The van der Waals surface area contributed by atoms with Gasteiger partial charge in [0.15, 0.2) is 0 Å². The molecule has 2 atom stereocenters. The molecule has 84 valence electrons. The lowest BCUT2D eigenvalue weighted by atomic mass is 9.95. The minimum Gasteiger partial charge on any atom is -0.481 e. The number of anilines is 1. The molecule has 0 aliphatic heterocycles. The zero-order valence-electron chi connectivity index (χ0n) is 8.72. The smallest absolute Gasteiger partial charge is 0.306 e. The number of carboxylic acids is 1. The number of Topliss-reactive ketones (excluding diaryl/α,β-unsaturated/α-hetero) is 1. The van der Waals surface area contributed by atoms with Crippen LogP contribution in [0.4, 0.5) is 5.69 Å². The van der Waals surface area contributed by atoms with Gasteiger partial charge < -0.3 is 10.8 Å². The average Bonchev–Trinajstić information content (AvgIpc) is 2.60. The fourth-order valence-electron chi connectivity index (χ4n) is 2.17. The van der Waals surface area contributed by atoms with E-state index in [4.69, 9.17) is 10.8 Å². The quantitative estimate of drug-likeness (QED) is 0.737. The number of ketones is 1. The molecule has 4 heteroatoms. The van der Waals surface area contributed by atoms with E-state index in [9.17, 15) is 9.59 Å². The number of carboxylic acid groups (broad SMARTS) is 1. The van der Waals surface area contributed by atoms with E-state index in [0.717, 1.165) is 5.56 Å². The third-order valence-electron chi connectivity index (χ3n) is 3.02. The van der Waals surface area contributed by atoms with E-state index in [2.05, 4.69) is 0 Å². The summed E-state index contributed by atoms with van der Waals surface area (Å²) in [7, 11) is 0. The lowest BCUT2D eigenvalue weighted by Gasteiger charge is -2.09. The Labute approximate surface area is 93.1 Å². The molecule has 0 amide bonds. The van der Waals surface area contributed by atoms with Crippen molar-refractivity contribution in [2.24, 2.45) is 5.92 Å². The van der Waals surface area contributed by atoms with Gasteiger partial charge in [0.05, 0.1) is 5.92 Å². The lowest BCUT2D eigenvalue weighted by Crippen LogP contribution is -2.09. The van der Waals surface area contributed by atoms with Crippen LogP contribution in [0, 0.1) is 5.92 Å². The molecule has 4 nitrogen and oxygen atoms in total. The van der Waals surface area contributed by atoms with Gasteiger partial charge in [-0.25, -0.2) is 0 Å². The van der Waals surface area contributed by atoms with E-state index in [1.165, 1.54) is 0 Å². The largest absolute Gasteiger partial charge is 0.481 e. The van der Waals surface area contributed by atoms with E-state index in [0.29, 0.717) is 12.1 Å². The Morgan fingerprint density at radius 1 is 1.44 bits per heavy atom. The molecule has 3 N–H and O–H groups in total. The van der Waals surface area contributed by atoms with Crippen LogP contribution in [0.5, 0.6) is 0 Å². The maximum Gasteiger partial charge on any atom is 0.306 e. The standard InChI is InChI=1S/C12H13NO3/c13-9-3-1-2-7(4-9)10-5-8(12(15)16)6-11(10)14/h1-4,8,10H,5-6,13H2,(H,15,16). The fourth-order valence-corrected chi connectivity index (χ4v) is 2.17. The fraction of sp³-hybridized carbons (Fsp3) is 0.333. The summed E-state index contributed by atoms with van der Waals surface area (Å²) in [4.78, 5) is 22.5. The SMILES string of the molecule is Nc1cccc(C2CC(C(=O)O)CC2=O)c1. The molecule has 0 aromatic heterocycles. The number of hydrogen-bond donors (Lipinski definition) is 2. The first-order valence-electron chi connectivity index (χ1n) is 5.19. The first-order chi connectivity index (χ1) is 7.58. The predicted molar refractivity (Wildman–Crippen MR) is 59.0 cm³/mol. The summed E-state index contributed by atoms with van der Waals surface area (Å²) in [6.07, 6.45) is 0.520. The number of carbonyl (C=O) groups is 2. The molecule has 1 fully saturated rings. The van der Waals surface area contributed by atoms with Gasteiger partial charge in [0, 0.05) is 18.0 Å². The molecule has 1 aliphatic carbocycles. The monoisotopic (exact) mass is 219 g/mol. The number of carbonyl (C=O) groups excluding carboxylic acids is 1. The Morgan fingerprint density at radius 3 is 2.75 bits per heavy atom. The summed E-state index contributed by atoms with van der Waals surface area (Å²) in [6.45, 7) is 0. The molecule has 0 spiro atoms. The van der Waals surface area contributed by atoms with Gasteiger partial charge in [0.1, 0.15) is 5.78 Å². The Balaban J connectivity index is 2.23. The number of hydrogen-bond acceptors (Lipinski definition) is 3. The summed E-state index contributed by atoms with van der Waals surface area (Å²) >= 11 is 0. The highest BCUT2D eigenvalue weighted by molar-refractivity contribution is 5.92. The number of aliphatic carboxylic acids is 1. The molecule has 1 aromatic rings. The Kier molecular flexibility index (Phi) is 2.64. The van der Waals surface area contributed by atoms with E-state index in [1.54, 1.807) is 18.2 Å². The Hall–Kier alpha value is -1.84. The molecular weight excluding hydrogens is 206 g/mol. The van der Waals surface area contributed by atoms with Crippen LogP contribution in [0.15, 0.2) is 24.3 Å². The average molecular weight is 219 g/mol. The van der Waals surface area contributed by atoms with Crippen LogP contribution in [0.1, 0.15) is 24.3 Å². The zero-order chi connectivity index (χ0) is 11.7. The van der Waals surface area contributed by atoms with Gasteiger partial charge in [-0.05, 0) is 24.1 Å². The van der Waals surface area contributed by atoms with Crippen LogP contribution in [0.2, 0.25) is 0 Å². The van der Waals surface area contributed by atoms with E-state index < -0.39 is 11.9 Å². The van der Waals surface area contributed by atoms with Crippen molar-refractivity contribution >= 4 is 17.4 Å². The second-order valence-corrected chi connectivity index (χ2v) is 4.16. The van der Waals surface area contributed by atoms with Crippen LogP contribution in [-0.2, 0) is 9.59 Å². The molecule has 0 heterocycles. The highest BCUT2D eigenvalue weighted by Gasteiger charge is 2.37. The molecule has 1 aromatic carbocycles. The molecule has 1 aliphatic rings. The minimum atomic E-state index is -0.889. The Bertz CT molecular complexity index is 442. The molecule has 1 saturated carbocycles. The topological polar surface area (TPSA) is 80.4 Å². The molecule has 0 saturated heterocycles. The van der Waals surface area contributed by atoms with E-state index >= 15 is 0 Å². The lowest BCUT2D eigenvalue weighted by molar-refractivity contribution is -0.142. The molecule has 16 heavy (non-hydrogen) atoms. The number of nitrogen functional groups attached to an aromatic ring is 1. The third-order valence-corrected chi connectivity index (χ3v) is 3.02. The van der Waals surface area contributed by atoms with Crippen molar-refractivity contribution in [1.29, 1.82) is 0 Å². The molecular formula is C12H13NO3. The van der Waals surface area contributed by atoms with Crippen molar-refractivity contribution < 1.29 is 14.7 Å². The van der Waals surface area contributed by atoms with Crippen molar-refractivity contribution in [2.75, 3.05) is 5.73 Å². The van der Waals surface area contributed by atoms with Crippen LogP contribution in [-0.4, -0.2) is 16.9 Å². The van der Waals surface area contributed by atoms with Crippen molar-refractivity contribution in [2.45, 2.75) is 18.8 Å². The second-order valence-electron chi connectivity index (χ2n) is 4.16. The molecule has 0 bridgehead atoms. The molecule has 2 unspecified atom stereocenters. The van der Waals surface area contributed by atoms with Gasteiger partial charge in [0.2, 0.25) is 0 Å². The van der Waals surface area contributed by atoms with Gasteiger partial charge in [-0.15, -0.1) is 0 Å². The number of benzene rings is 1. The van der Waals surface area contributed by atoms with Crippen LogP contribution >= 0.6 is 0 Å². The summed E-state index contributed by atoms with van der Waals surface area (Å²) in [5.41, 5.74) is 7.07. The maximum absolute atomic E-state index is 11.7. The summed E-state index contributed by atoms with van der Waals surface area (Å²) in [6, 6.07) is 7.10. The van der Waals surface area contributed by atoms with Gasteiger partial charge >= 0.3 is 5.97 Å². The second kappa shape index (κ2) is 3.96. The molecule has 2 rings (SSSR count). The molecule has 0 radical (unpaired) electrons. The predicted octanol–water partition coefficient (Wildman–Crippen LogP) is 1.42. The van der Waals surface area contributed by atoms with E-state index in [-0.39, 0.29) is 18.1 Å².